The van der Waals surface area contributed by atoms with Gasteiger partial charge in [-0.25, -0.2) is 13.4 Å². The van der Waals surface area contributed by atoms with E-state index in [2.05, 4.69) is 4.98 Å². The summed E-state index contributed by atoms with van der Waals surface area (Å²) in [4.78, 5) is 5.80. The average molecular weight is 301 g/mol. The van der Waals surface area contributed by atoms with Crippen LogP contribution in [0.25, 0.3) is 0 Å². The standard InChI is InChI=1S/C13H20FN3O2S/c1-10(2)20(18,19)16-7-8-17(11(3)9-16)13-6-4-5-12(14)15-13/h4-6,10-11H,7-9H2,1-3H3. The molecule has 2 rings (SSSR count). The number of hydrogen-bond acceptors (Lipinski definition) is 4. The number of aromatic nitrogens is 1. The van der Waals surface area contributed by atoms with Crippen LogP contribution in [0.5, 0.6) is 0 Å². The van der Waals surface area contributed by atoms with Crippen molar-refractivity contribution in [1.29, 1.82) is 0 Å². The quantitative estimate of drug-likeness (QED) is 0.793. The van der Waals surface area contributed by atoms with E-state index in [1.807, 2.05) is 11.8 Å². The molecule has 0 radical (unpaired) electrons. The van der Waals surface area contributed by atoms with E-state index in [0.717, 1.165) is 0 Å². The lowest BCUT2D eigenvalue weighted by molar-refractivity contribution is 0.338. The second-order valence-corrected chi connectivity index (χ2v) is 7.80. The first-order valence-corrected chi connectivity index (χ1v) is 8.21. The molecule has 0 aliphatic carbocycles. The van der Waals surface area contributed by atoms with Crippen LogP contribution in [-0.4, -0.2) is 48.6 Å². The molecular weight excluding hydrogens is 281 g/mol. The minimum atomic E-state index is -3.23. The van der Waals surface area contributed by atoms with Crippen LogP contribution in [0.15, 0.2) is 18.2 Å². The van der Waals surface area contributed by atoms with Crippen molar-refractivity contribution < 1.29 is 12.8 Å². The van der Waals surface area contributed by atoms with Crippen molar-refractivity contribution in [2.75, 3.05) is 24.5 Å². The molecule has 0 spiro atoms. The van der Waals surface area contributed by atoms with Gasteiger partial charge in [-0.1, -0.05) is 6.07 Å². The monoisotopic (exact) mass is 301 g/mol. The third-order valence-corrected chi connectivity index (χ3v) is 5.78. The van der Waals surface area contributed by atoms with Gasteiger partial charge in [-0.3, -0.25) is 0 Å². The zero-order valence-corrected chi connectivity index (χ0v) is 12.8. The maximum Gasteiger partial charge on any atom is 0.216 e. The molecule has 0 amide bonds. The maximum atomic E-state index is 13.2. The zero-order valence-electron chi connectivity index (χ0n) is 12.0. The molecular formula is C13H20FN3O2S. The van der Waals surface area contributed by atoms with Crippen LogP contribution in [0.4, 0.5) is 10.2 Å². The van der Waals surface area contributed by atoms with Crippen molar-refractivity contribution in [2.45, 2.75) is 32.1 Å². The summed E-state index contributed by atoms with van der Waals surface area (Å²) < 4.78 is 39.0. The number of sulfonamides is 1. The van der Waals surface area contributed by atoms with Crippen molar-refractivity contribution >= 4 is 15.8 Å². The number of anilines is 1. The predicted octanol–water partition coefficient (Wildman–Crippen LogP) is 1.47. The fourth-order valence-electron chi connectivity index (χ4n) is 2.35. The molecule has 1 aromatic heterocycles. The van der Waals surface area contributed by atoms with Crippen molar-refractivity contribution in [3.05, 3.63) is 24.1 Å². The lowest BCUT2D eigenvalue weighted by Crippen LogP contribution is -2.55. The van der Waals surface area contributed by atoms with Gasteiger partial charge in [0.25, 0.3) is 0 Å². The highest BCUT2D eigenvalue weighted by Gasteiger charge is 2.33. The highest BCUT2D eigenvalue weighted by atomic mass is 32.2. The summed E-state index contributed by atoms with van der Waals surface area (Å²) in [7, 11) is -3.23. The Morgan fingerprint density at radius 1 is 1.35 bits per heavy atom. The van der Waals surface area contributed by atoms with Crippen LogP contribution < -0.4 is 4.90 Å². The number of halogens is 1. The van der Waals surface area contributed by atoms with Crippen molar-refractivity contribution in [3.8, 4) is 0 Å². The lowest BCUT2D eigenvalue weighted by atomic mass is 10.2. The molecule has 0 bridgehead atoms. The van der Waals surface area contributed by atoms with Crippen LogP contribution in [0.1, 0.15) is 20.8 Å². The van der Waals surface area contributed by atoms with Gasteiger partial charge in [0.1, 0.15) is 5.82 Å². The predicted molar refractivity (Wildman–Crippen MR) is 76.6 cm³/mol. The van der Waals surface area contributed by atoms with Gasteiger partial charge in [-0.2, -0.15) is 8.70 Å². The third kappa shape index (κ3) is 2.93. The third-order valence-electron chi connectivity index (χ3n) is 3.54. The van der Waals surface area contributed by atoms with Crippen molar-refractivity contribution in [1.82, 2.24) is 9.29 Å². The van der Waals surface area contributed by atoms with Crippen LogP contribution in [0.2, 0.25) is 0 Å². The fraction of sp³-hybridized carbons (Fsp3) is 0.615. The van der Waals surface area contributed by atoms with E-state index in [9.17, 15) is 12.8 Å². The van der Waals surface area contributed by atoms with Gasteiger partial charge >= 0.3 is 0 Å². The van der Waals surface area contributed by atoms with Crippen LogP contribution in [0, 0.1) is 5.95 Å². The van der Waals surface area contributed by atoms with E-state index in [1.54, 1.807) is 26.0 Å². The van der Waals surface area contributed by atoms with E-state index in [0.29, 0.717) is 25.5 Å². The molecule has 5 nitrogen and oxygen atoms in total. The normalized spacial score (nSPS) is 21.4. The Morgan fingerprint density at radius 2 is 2.05 bits per heavy atom. The molecule has 1 atom stereocenters. The Hall–Kier alpha value is -1.21. The number of pyridine rings is 1. The molecule has 1 fully saturated rings. The van der Waals surface area contributed by atoms with Gasteiger partial charge in [0, 0.05) is 25.7 Å². The Labute approximate surface area is 119 Å². The summed E-state index contributed by atoms with van der Waals surface area (Å²) in [6.07, 6.45) is 0. The van der Waals surface area contributed by atoms with Crippen molar-refractivity contribution in [3.63, 3.8) is 0 Å². The fourth-order valence-corrected chi connectivity index (χ4v) is 3.71. The molecule has 1 aromatic rings. The van der Waals surface area contributed by atoms with Gasteiger partial charge < -0.3 is 4.90 Å². The molecule has 20 heavy (non-hydrogen) atoms. The van der Waals surface area contributed by atoms with E-state index < -0.39 is 21.2 Å². The minimum absolute atomic E-state index is 0.0356. The van der Waals surface area contributed by atoms with E-state index >= 15 is 0 Å². The summed E-state index contributed by atoms with van der Waals surface area (Å²) in [5.41, 5.74) is 0. The first-order chi connectivity index (χ1) is 9.32. The number of rotatable bonds is 3. The van der Waals surface area contributed by atoms with Gasteiger partial charge in [-0.05, 0) is 32.9 Å². The smallest absolute Gasteiger partial charge is 0.216 e. The number of nitrogens with zero attached hydrogens (tertiary/aromatic N) is 3. The molecule has 0 aromatic carbocycles. The molecule has 1 aliphatic heterocycles. The maximum absolute atomic E-state index is 13.2. The van der Waals surface area contributed by atoms with Gasteiger partial charge in [0.05, 0.1) is 5.25 Å². The topological polar surface area (TPSA) is 53.5 Å². The Balaban J connectivity index is 2.14. The Bertz CT molecular complexity index is 577. The summed E-state index contributed by atoms with van der Waals surface area (Å²) >= 11 is 0. The van der Waals surface area contributed by atoms with Crippen LogP contribution >= 0.6 is 0 Å². The van der Waals surface area contributed by atoms with Crippen LogP contribution in [-0.2, 0) is 10.0 Å². The number of piperazine rings is 1. The average Bonchev–Trinajstić information content (AvgIpc) is 2.38. The van der Waals surface area contributed by atoms with E-state index in [-0.39, 0.29) is 6.04 Å². The summed E-state index contributed by atoms with van der Waals surface area (Å²) in [5, 5.41) is -0.423. The largest absolute Gasteiger partial charge is 0.351 e. The zero-order chi connectivity index (χ0) is 14.9. The summed E-state index contributed by atoms with van der Waals surface area (Å²) in [6.45, 7) is 6.61. The lowest BCUT2D eigenvalue weighted by Gasteiger charge is -2.40. The molecule has 112 valence electrons. The molecule has 7 heteroatoms. The summed E-state index contributed by atoms with van der Waals surface area (Å²) in [5.74, 6) is 0.0334. The SMILES string of the molecule is CC1CN(S(=O)(=O)C(C)C)CCN1c1cccc(F)n1. The Kier molecular flexibility index (Phi) is 4.29. The highest BCUT2D eigenvalue weighted by Crippen LogP contribution is 2.21. The minimum Gasteiger partial charge on any atom is -0.351 e. The number of hydrogen-bond donors (Lipinski definition) is 0. The molecule has 1 unspecified atom stereocenters. The Morgan fingerprint density at radius 3 is 2.60 bits per heavy atom. The molecule has 0 N–H and O–H groups in total. The van der Waals surface area contributed by atoms with Gasteiger partial charge in [-0.15, -0.1) is 0 Å². The highest BCUT2D eigenvalue weighted by molar-refractivity contribution is 7.89. The van der Waals surface area contributed by atoms with E-state index in [4.69, 9.17) is 0 Å². The molecule has 2 heterocycles. The van der Waals surface area contributed by atoms with Crippen molar-refractivity contribution in [2.24, 2.45) is 0 Å². The molecule has 1 saturated heterocycles. The van der Waals surface area contributed by atoms with Gasteiger partial charge in [0.2, 0.25) is 16.0 Å². The van der Waals surface area contributed by atoms with Gasteiger partial charge in [0.15, 0.2) is 0 Å². The first kappa shape index (κ1) is 15.2. The summed E-state index contributed by atoms with van der Waals surface area (Å²) in [6, 6.07) is 4.62. The molecule has 1 aliphatic rings. The van der Waals surface area contributed by atoms with E-state index in [1.165, 1.54) is 10.4 Å². The van der Waals surface area contributed by atoms with Crippen LogP contribution in [0.3, 0.4) is 0 Å². The second-order valence-electron chi connectivity index (χ2n) is 5.31. The molecule has 0 saturated carbocycles. The first-order valence-electron chi connectivity index (χ1n) is 6.70. The second kappa shape index (κ2) is 5.65.